The van der Waals surface area contributed by atoms with E-state index in [1.807, 2.05) is 12.1 Å². The Morgan fingerprint density at radius 3 is 0.863 bits per heavy atom. The lowest BCUT2D eigenvalue weighted by Crippen LogP contribution is -2.23. The summed E-state index contributed by atoms with van der Waals surface area (Å²) < 4.78 is 12.8. The number of allylic oxidation sites excluding steroid dienone is 8. The van der Waals surface area contributed by atoms with Gasteiger partial charge in [-0.3, -0.25) is 0 Å². The highest BCUT2D eigenvalue weighted by Gasteiger charge is 2.24. The summed E-state index contributed by atoms with van der Waals surface area (Å²) in [5, 5.41) is 0. The summed E-state index contributed by atoms with van der Waals surface area (Å²) in [7, 11) is 0. The number of unbranched alkanes of at least 4 members (excludes halogenated alkanes) is 36. The highest BCUT2D eigenvalue weighted by molar-refractivity contribution is 6.03. The summed E-state index contributed by atoms with van der Waals surface area (Å²) in [5.41, 5.74) is 3.75. The molecular formula is C76H134O4. The molecule has 0 aliphatic carbocycles. The molecule has 0 aromatic heterocycles. The van der Waals surface area contributed by atoms with Gasteiger partial charge in [0.15, 0.2) is 0 Å². The molecule has 0 spiro atoms. The lowest BCUT2D eigenvalue weighted by molar-refractivity contribution is 0.0201. The molecule has 462 valence electrons. The Morgan fingerprint density at radius 2 is 0.575 bits per heavy atom. The van der Waals surface area contributed by atoms with Crippen LogP contribution in [0.25, 0.3) is 0 Å². The predicted octanol–water partition coefficient (Wildman–Crippen LogP) is 26.1. The average Bonchev–Trinajstić information content (AvgIpc) is 3.49. The first-order valence-electron chi connectivity index (χ1n) is 35.5. The quantitative estimate of drug-likeness (QED) is 0.0371. The number of benzene rings is 1. The van der Waals surface area contributed by atoms with E-state index in [0.29, 0.717) is 11.1 Å². The van der Waals surface area contributed by atoms with E-state index in [1.165, 1.54) is 242 Å². The second-order valence-electron chi connectivity index (χ2n) is 24.5. The van der Waals surface area contributed by atoms with Crippen molar-refractivity contribution in [2.24, 2.45) is 0 Å². The molecule has 0 aliphatic heterocycles. The summed E-state index contributed by atoms with van der Waals surface area (Å²) in [6.07, 6.45) is 78.9. The van der Waals surface area contributed by atoms with E-state index in [1.54, 1.807) is 12.1 Å². The molecule has 1 aromatic carbocycles. The zero-order valence-electron chi connectivity index (χ0n) is 54.3. The van der Waals surface area contributed by atoms with E-state index in [9.17, 15) is 9.59 Å². The fraction of sp³-hybridized carbons (Fsp3) is 0.789. The number of hydrogen-bond acceptors (Lipinski definition) is 4. The van der Waals surface area contributed by atoms with Crippen LogP contribution in [0.15, 0.2) is 71.9 Å². The molecule has 4 heteroatoms. The molecule has 4 nitrogen and oxygen atoms in total. The van der Waals surface area contributed by atoms with Gasteiger partial charge in [-0.1, -0.05) is 293 Å². The highest BCUT2D eigenvalue weighted by atomic mass is 16.5. The van der Waals surface area contributed by atoms with Gasteiger partial charge in [-0.2, -0.15) is 0 Å². The van der Waals surface area contributed by atoms with Crippen molar-refractivity contribution in [2.75, 3.05) is 0 Å². The molecule has 0 fully saturated rings. The molecule has 0 saturated heterocycles. The zero-order chi connectivity index (χ0) is 57.9. The van der Waals surface area contributed by atoms with Crippen LogP contribution in [-0.2, 0) is 9.47 Å². The Labute approximate surface area is 499 Å². The number of esters is 2. The first-order chi connectivity index (χ1) is 39.4. The fourth-order valence-electron chi connectivity index (χ4n) is 11.6. The van der Waals surface area contributed by atoms with Crippen LogP contribution in [0, 0.1) is 0 Å². The zero-order valence-corrected chi connectivity index (χ0v) is 54.3. The minimum Gasteiger partial charge on any atom is -0.459 e. The number of rotatable bonds is 60. The number of carbonyl (C=O) groups is 2. The van der Waals surface area contributed by atoms with E-state index < -0.39 is 0 Å². The average molecular weight is 1110 g/mol. The Kier molecular flexibility index (Phi) is 55.7. The number of hydrogen-bond donors (Lipinski definition) is 0. The molecule has 0 aliphatic rings. The summed E-state index contributed by atoms with van der Waals surface area (Å²) in [4.78, 5) is 28.3. The maximum atomic E-state index is 14.1. The van der Waals surface area contributed by atoms with Gasteiger partial charge in [0.1, 0.15) is 12.2 Å². The van der Waals surface area contributed by atoms with Crippen molar-refractivity contribution in [3.8, 4) is 0 Å². The van der Waals surface area contributed by atoms with Crippen molar-refractivity contribution in [2.45, 2.75) is 388 Å². The maximum absolute atomic E-state index is 14.1. The standard InChI is InChI=1S/C76H134O4/c1-7-13-17-21-25-27-29-31-33-35-37-39-41-43-45-49-59-69(11-5)61-53-55-65-71(63-51-47-23-19-15-9-3)79-75(77)73-67-57-58-68-74(73)76(78)80-72(64-52-48-24-20-16-10-4)66-56-54-62-70(12-6)60-50-46-44-42-40-38-36-34-32-30-28-26-22-18-14-8-2/h11-12,43-46,57-58,67-68,71-72H,7-10,13-42,47-56,59-66H2,1-6H3. The van der Waals surface area contributed by atoms with E-state index in [-0.39, 0.29) is 24.1 Å². The molecular weight excluding hydrogens is 977 g/mol. The lowest BCUT2D eigenvalue weighted by atomic mass is 9.99. The molecule has 0 saturated carbocycles. The van der Waals surface area contributed by atoms with E-state index >= 15 is 0 Å². The third kappa shape index (κ3) is 46.6. The molecule has 80 heavy (non-hydrogen) atoms. The summed E-state index contributed by atoms with van der Waals surface area (Å²) in [6.45, 7) is 13.5. The van der Waals surface area contributed by atoms with Crippen molar-refractivity contribution in [3.63, 3.8) is 0 Å². The van der Waals surface area contributed by atoms with Gasteiger partial charge in [-0.15, -0.1) is 0 Å². The Balaban J connectivity index is 2.69. The van der Waals surface area contributed by atoms with Crippen LogP contribution in [0.2, 0.25) is 0 Å². The fourth-order valence-corrected chi connectivity index (χ4v) is 11.6. The molecule has 0 bridgehead atoms. The maximum Gasteiger partial charge on any atom is 0.339 e. The topological polar surface area (TPSA) is 52.6 Å². The first-order valence-corrected chi connectivity index (χ1v) is 35.5. The molecule has 2 atom stereocenters. The molecule has 1 rings (SSSR count). The van der Waals surface area contributed by atoms with Crippen molar-refractivity contribution in [1.82, 2.24) is 0 Å². The number of ether oxygens (including phenoxy) is 2. The van der Waals surface area contributed by atoms with Gasteiger partial charge >= 0.3 is 11.9 Å². The summed E-state index contributed by atoms with van der Waals surface area (Å²) >= 11 is 0. The third-order valence-electron chi connectivity index (χ3n) is 17.1. The van der Waals surface area contributed by atoms with Crippen LogP contribution in [0.4, 0.5) is 0 Å². The first kappa shape index (κ1) is 75.1. The Hall–Kier alpha value is -2.88. The summed E-state index contributed by atoms with van der Waals surface area (Å²) in [5.74, 6) is -0.771. The van der Waals surface area contributed by atoms with Crippen LogP contribution in [0.5, 0.6) is 0 Å². The van der Waals surface area contributed by atoms with Crippen molar-refractivity contribution >= 4 is 11.9 Å². The summed E-state index contributed by atoms with van der Waals surface area (Å²) in [6, 6.07) is 7.24. The smallest absolute Gasteiger partial charge is 0.339 e. The van der Waals surface area contributed by atoms with Crippen LogP contribution < -0.4 is 0 Å². The molecule has 0 amide bonds. The minimum absolute atomic E-state index is 0.155. The SMILES string of the molecule is CC=C(CCC=CCCCCCCCCCCCCCC)CCCCC(CCCCCCCC)OC(=O)c1ccccc1C(=O)OC(CCCCCCCC)CCCCC(=CC)CCC=CCCCCCCCCCCCCCC. The van der Waals surface area contributed by atoms with Gasteiger partial charge in [-0.05, 0) is 154 Å². The molecule has 0 N–H and O–H groups in total. The van der Waals surface area contributed by atoms with Crippen LogP contribution in [0.1, 0.15) is 396 Å². The predicted molar refractivity (Wildman–Crippen MR) is 353 cm³/mol. The Morgan fingerprint density at radius 1 is 0.325 bits per heavy atom. The van der Waals surface area contributed by atoms with Crippen molar-refractivity contribution in [3.05, 3.63) is 83.0 Å². The molecule has 0 radical (unpaired) electrons. The lowest BCUT2D eigenvalue weighted by Gasteiger charge is -2.21. The van der Waals surface area contributed by atoms with Gasteiger partial charge in [0.25, 0.3) is 0 Å². The van der Waals surface area contributed by atoms with Crippen LogP contribution in [-0.4, -0.2) is 24.1 Å². The second kappa shape index (κ2) is 59.3. The monoisotopic (exact) mass is 1110 g/mol. The van der Waals surface area contributed by atoms with Gasteiger partial charge in [0.05, 0.1) is 11.1 Å². The normalized spacial score (nSPS) is 13.0. The van der Waals surface area contributed by atoms with E-state index in [2.05, 4.69) is 78.0 Å². The van der Waals surface area contributed by atoms with Gasteiger partial charge in [0, 0.05) is 0 Å². The Bertz CT molecular complexity index is 1510. The molecule has 1 aromatic rings. The van der Waals surface area contributed by atoms with Crippen molar-refractivity contribution < 1.29 is 19.1 Å². The minimum atomic E-state index is -0.386. The third-order valence-corrected chi connectivity index (χ3v) is 17.1. The molecule has 2 unspecified atom stereocenters. The number of carbonyl (C=O) groups excluding carboxylic acids is 2. The largest absolute Gasteiger partial charge is 0.459 e. The van der Waals surface area contributed by atoms with Crippen LogP contribution >= 0.6 is 0 Å². The van der Waals surface area contributed by atoms with E-state index in [0.717, 1.165) is 103 Å². The molecule has 0 heterocycles. The van der Waals surface area contributed by atoms with Gasteiger partial charge in [-0.25, -0.2) is 9.59 Å². The van der Waals surface area contributed by atoms with Crippen LogP contribution in [0.3, 0.4) is 0 Å². The van der Waals surface area contributed by atoms with E-state index in [4.69, 9.17) is 9.47 Å². The second-order valence-corrected chi connectivity index (χ2v) is 24.5. The van der Waals surface area contributed by atoms with Gasteiger partial charge in [0.2, 0.25) is 0 Å². The van der Waals surface area contributed by atoms with Crippen molar-refractivity contribution in [1.29, 1.82) is 0 Å². The van der Waals surface area contributed by atoms with Gasteiger partial charge < -0.3 is 9.47 Å². The highest BCUT2D eigenvalue weighted by Crippen LogP contribution is 2.25.